The number of carbonyl (C=O) groups excluding carboxylic acids is 1. The summed E-state index contributed by atoms with van der Waals surface area (Å²) in [6.45, 7) is 1.48. The molecule has 1 aliphatic rings. The van der Waals surface area contributed by atoms with Gasteiger partial charge in [0.2, 0.25) is 5.91 Å². The van der Waals surface area contributed by atoms with E-state index in [1.54, 1.807) is 4.90 Å². The molecule has 2 N–H and O–H groups in total. The van der Waals surface area contributed by atoms with Crippen molar-refractivity contribution in [3.8, 4) is 0 Å². The maximum absolute atomic E-state index is 11.5. The fraction of sp³-hybridized carbons (Fsp3) is 0.800. The summed E-state index contributed by atoms with van der Waals surface area (Å²) in [5, 5.41) is 11.6. The smallest absolute Gasteiger partial charge is 0.303 e. The van der Waals surface area contributed by atoms with Gasteiger partial charge in [0, 0.05) is 25.6 Å². The lowest BCUT2D eigenvalue weighted by molar-refractivity contribution is -0.141. The number of hydrogen-bond acceptors (Lipinski definition) is 3. The molecule has 1 fully saturated rings. The lowest BCUT2D eigenvalue weighted by atomic mass is 10.0. The maximum Gasteiger partial charge on any atom is 0.303 e. The molecule has 0 atom stereocenters. The number of rotatable bonds is 4. The van der Waals surface area contributed by atoms with E-state index in [2.05, 4.69) is 5.32 Å². The number of likely N-dealkylation sites (tertiary alicyclic amines) is 1. The van der Waals surface area contributed by atoms with E-state index in [4.69, 9.17) is 5.11 Å². The quantitative estimate of drug-likeness (QED) is 0.694. The Morgan fingerprint density at radius 3 is 2.40 bits per heavy atom. The van der Waals surface area contributed by atoms with Crippen molar-refractivity contribution in [2.45, 2.75) is 31.7 Å². The summed E-state index contributed by atoms with van der Waals surface area (Å²) in [5.74, 6) is -0.944. The van der Waals surface area contributed by atoms with Crippen molar-refractivity contribution in [3.05, 3.63) is 0 Å². The van der Waals surface area contributed by atoms with Gasteiger partial charge in [-0.05, 0) is 19.9 Å². The molecule has 1 saturated heterocycles. The van der Waals surface area contributed by atoms with Crippen LogP contribution >= 0.6 is 0 Å². The third-order valence-corrected chi connectivity index (χ3v) is 2.81. The topological polar surface area (TPSA) is 69.6 Å². The van der Waals surface area contributed by atoms with Crippen LogP contribution in [0.25, 0.3) is 0 Å². The van der Waals surface area contributed by atoms with Gasteiger partial charge in [-0.2, -0.15) is 0 Å². The van der Waals surface area contributed by atoms with Crippen LogP contribution in [0.2, 0.25) is 0 Å². The van der Waals surface area contributed by atoms with Crippen LogP contribution in [-0.4, -0.2) is 48.1 Å². The second kappa shape index (κ2) is 5.70. The predicted octanol–water partition coefficient (Wildman–Crippen LogP) is 0.0616. The fourth-order valence-corrected chi connectivity index (χ4v) is 1.79. The summed E-state index contributed by atoms with van der Waals surface area (Å²) in [4.78, 5) is 23.6. The zero-order valence-electron chi connectivity index (χ0n) is 9.03. The molecule has 5 heteroatoms. The SMILES string of the molecule is CNC1CCN(C(=O)CCC(=O)O)CC1. The molecule has 0 aromatic carbocycles. The Hall–Kier alpha value is -1.10. The van der Waals surface area contributed by atoms with E-state index in [9.17, 15) is 9.59 Å². The molecule has 15 heavy (non-hydrogen) atoms. The highest BCUT2D eigenvalue weighted by atomic mass is 16.4. The monoisotopic (exact) mass is 214 g/mol. The molecule has 0 aliphatic carbocycles. The Bertz CT molecular complexity index is 235. The first-order valence-electron chi connectivity index (χ1n) is 5.30. The van der Waals surface area contributed by atoms with Gasteiger partial charge in [-0.3, -0.25) is 9.59 Å². The van der Waals surface area contributed by atoms with Gasteiger partial charge in [0.1, 0.15) is 0 Å². The number of amides is 1. The zero-order chi connectivity index (χ0) is 11.3. The molecule has 5 nitrogen and oxygen atoms in total. The van der Waals surface area contributed by atoms with Gasteiger partial charge in [-0.25, -0.2) is 0 Å². The average Bonchev–Trinajstić information content (AvgIpc) is 2.26. The average molecular weight is 214 g/mol. The molecular weight excluding hydrogens is 196 g/mol. The first kappa shape index (κ1) is 12.0. The van der Waals surface area contributed by atoms with Crippen LogP contribution in [0.4, 0.5) is 0 Å². The second-order valence-electron chi connectivity index (χ2n) is 3.84. The van der Waals surface area contributed by atoms with Gasteiger partial charge in [0.25, 0.3) is 0 Å². The van der Waals surface area contributed by atoms with E-state index >= 15 is 0 Å². The number of carboxylic acid groups (broad SMARTS) is 1. The number of nitrogens with one attached hydrogen (secondary N) is 1. The molecule has 0 unspecified atom stereocenters. The van der Waals surface area contributed by atoms with Crippen molar-refractivity contribution in [2.75, 3.05) is 20.1 Å². The van der Waals surface area contributed by atoms with Crippen molar-refractivity contribution in [1.29, 1.82) is 0 Å². The van der Waals surface area contributed by atoms with Gasteiger partial charge >= 0.3 is 5.97 Å². The molecule has 0 aromatic heterocycles. The van der Waals surface area contributed by atoms with Gasteiger partial charge < -0.3 is 15.3 Å². The van der Waals surface area contributed by atoms with Gasteiger partial charge in [-0.15, -0.1) is 0 Å². The molecule has 0 saturated carbocycles. The second-order valence-corrected chi connectivity index (χ2v) is 3.84. The third kappa shape index (κ3) is 3.87. The zero-order valence-corrected chi connectivity index (χ0v) is 9.03. The van der Waals surface area contributed by atoms with Crippen LogP contribution in [-0.2, 0) is 9.59 Å². The summed E-state index contributed by atoms with van der Waals surface area (Å²) < 4.78 is 0. The number of piperidine rings is 1. The van der Waals surface area contributed by atoms with E-state index in [0.29, 0.717) is 6.04 Å². The number of carboxylic acids is 1. The largest absolute Gasteiger partial charge is 0.481 e. The predicted molar refractivity (Wildman–Crippen MR) is 55.5 cm³/mol. The fourth-order valence-electron chi connectivity index (χ4n) is 1.79. The van der Waals surface area contributed by atoms with Crippen molar-refractivity contribution < 1.29 is 14.7 Å². The maximum atomic E-state index is 11.5. The summed E-state index contributed by atoms with van der Waals surface area (Å²) in [6, 6.07) is 0.494. The van der Waals surface area contributed by atoms with Crippen molar-refractivity contribution in [2.24, 2.45) is 0 Å². The molecule has 1 amide bonds. The molecule has 0 spiro atoms. The highest BCUT2D eigenvalue weighted by molar-refractivity contribution is 5.80. The van der Waals surface area contributed by atoms with E-state index in [-0.39, 0.29) is 18.7 Å². The first-order chi connectivity index (χ1) is 7.13. The van der Waals surface area contributed by atoms with E-state index in [1.165, 1.54) is 0 Å². The molecular formula is C10H18N2O3. The molecule has 0 aromatic rings. The number of aliphatic carboxylic acids is 1. The molecule has 86 valence electrons. The lowest BCUT2D eigenvalue weighted by Crippen LogP contribution is -2.44. The minimum atomic E-state index is -0.909. The highest BCUT2D eigenvalue weighted by Crippen LogP contribution is 2.11. The van der Waals surface area contributed by atoms with Crippen molar-refractivity contribution in [1.82, 2.24) is 10.2 Å². The van der Waals surface area contributed by atoms with E-state index < -0.39 is 5.97 Å². The highest BCUT2D eigenvalue weighted by Gasteiger charge is 2.21. The summed E-state index contributed by atoms with van der Waals surface area (Å²) in [7, 11) is 1.92. The number of carbonyl (C=O) groups is 2. The van der Waals surface area contributed by atoms with Gasteiger partial charge in [-0.1, -0.05) is 0 Å². The van der Waals surface area contributed by atoms with Crippen LogP contribution in [0, 0.1) is 0 Å². The Labute approximate surface area is 89.4 Å². The molecule has 1 rings (SSSR count). The summed E-state index contributed by atoms with van der Waals surface area (Å²) in [6.07, 6.45) is 1.97. The van der Waals surface area contributed by atoms with Crippen molar-refractivity contribution in [3.63, 3.8) is 0 Å². The van der Waals surface area contributed by atoms with E-state index in [1.807, 2.05) is 7.05 Å². The summed E-state index contributed by atoms with van der Waals surface area (Å²) in [5.41, 5.74) is 0. The Morgan fingerprint density at radius 1 is 1.33 bits per heavy atom. The molecule has 0 radical (unpaired) electrons. The summed E-state index contributed by atoms with van der Waals surface area (Å²) >= 11 is 0. The third-order valence-electron chi connectivity index (χ3n) is 2.81. The van der Waals surface area contributed by atoms with Gasteiger partial charge in [0.05, 0.1) is 6.42 Å². The van der Waals surface area contributed by atoms with E-state index in [0.717, 1.165) is 25.9 Å². The lowest BCUT2D eigenvalue weighted by Gasteiger charge is -2.31. The minimum Gasteiger partial charge on any atom is -0.481 e. The van der Waals surface area contributed by atoms with Crippen molar-refractivity contribution >= 4 is 11.9 Å². The Morgan fingerprint density at radius 2 is 1.93 bits per heavy atom. The molecule has 0 bridgehead atoms. The number of nitrogens with zero attached hydrogens (tertiary/aromatic N) is 1. The molecule has 1 heterocycles. The minimum absolute atomic E-state index is 0.0352. The van der Waals surface area contributed by atoms with Gasteiger partial charge in [0.15, 0.2) is 0 Å². The number of hydrogen-bond donors (Lipinski definition) is 2. The first-order valence-corrected chi connectivity index (χ1v) is 5.30. The van der Waals surface area contributed by atoms with Crippen LogP contribution in [0.3, 0.4) is 0 Å². The molecule has 1 aliphatic heterocycles. The van der Waals surface area contributed by atoms with Crippen LogP contribution in [0.5, 0.6) is 0 Å². The Balaban J connectivity index is 2.27. The van der Waals surface area contributed by atoms with Crippen LogP contribution in [0.15, 0.2) is 0 Å². The Kier molecular flexibility index (Phi) is 4.55. The van der Waals surface area contributed by atoms with Crippen LogP contribution < -0.4 is 5.32 Å². The van der Waals surface area contributed by atoms with Crippen LogP contribution in [0.1, 0.15) is 25.7 Å². The normalized spacial score (nSPS) is 17.8. The standard InChI is InChI=1S/C10H18N2O3/c1-11-8-4-6-12(7-5-8)9(13)2-3-10(14)15/h8,11H,2-7H2,1H3,(H,14,15).